The number of aliphatic carboxylic acids is 1. The maximum absolute atomic E-state index is 12.0. The number of benzene rings is 1. The van der Waals surface area contributed by atoms with E-state index in [4.69, 9.17) is 19.0 Å². The molecule has 1 aliphatic heterocycles. The summed E-state index contributed by atoms with van der Waals surface area (Å²) < 4.78 is 16.0. The summed E-state index contributed by atoms with van der Waals surface area (Å²) in [6, 6.07) is 9.97. The van der Waals surface area contributed by atoms with Gasteiger partial charge in [-0.2, -0.15) is 0 Å². The normalized spacial score (nSPS) is 15.3. The number of furan rings is 1. The largest absolute Gasteiger partial charge is 0.481 e. The Hall–Kier alpha value is -2.87. The number of carbonyl (C=O) groups is 2. The van der Waals surface area contributed by atoms with Crippen molar-refractivity contribution in [2.24, 2.45) is 4.99 Å². The van der Waals surface area contributed by atoms with Crippen molar-refractivity contribution in [2.75, 3.05) is 6.61 Å². The number of hydrogen-bond acceptors (Lipinski definition) is 6. The van der Waals surface area contributed by atoms with E-state index < -0.39 is 18.5 Å². The average molecular weight is 392 g/mol. The Bertz CT molecular complexity index is 867. The zero-order valence-electron chi connectivity index (χ0n) is 12.1. The second-order valence-corrected chi connectivity index (χ2v) is 5.44. The third-order valence-corrected chi connectivity index (χ3v) is 3.39. The van der Waals surface area contributed by atoms with Gasteiger partial charge in [0.1, 0.15) is 5.75 Å². The summed E-state index contributed by atoms with van der Waals surface area (Å²) in [7, 11) is 0. The molecule has 1 aromatic heterocycles. The van der Waals surface area contributed by atoms with E-state index in [1.807, 2.05) is 0 Å². The smallest absolute Gasteiger partial charge is 0.363 e. The van der Waals surface area contributed by atoms with E-state index in [9.17, 15) is 9.59 Å². The number of hydrogen-bond donors (Lipinski definition) is 1. The first-order valence-electron chi connectivity index (χ1n) is 6.75. The van der Waals surface area contributed by atoms with Gasteiger partial charge in [0.2, 0.25) is 0 Å². The minimum Gasteiger partial charge on any atom is -0.481 e. The SMILES string of the molecule is O=C(O)COc1ccccc1/C=C1\N=C(c2ccc(Br)o2)OC1=O. The van der Waals surface area contributed by atoms with Crippen molar-refractivity contribution >= 4 is 39.8 Å². The molecule has 0 spiro atoms. The van der Waals surface area contributed by atoms with Gasteiger partial charge in [-0.25, -0.2) is 14.6 Å². The summed E-state index contributed by atoms with van der Waals surface area (Å²) in [4.78, 5) is 26.7. The van der Waals surface area contributed by atoms with Gasteiger partial charge < -0.3 is 19.0 Å². The molecule has 122 valence electrons. The first-order valence-corrected chi connectivity index (χ1v) is 7.54. The number of carbonyl (C=O) groups excluding carboxylic acids is 1. The number of aliphatic imine (C=N–C) groups is 1. The second kappa shape index (κ2) is 6.71. The topological polar surface area (TPSA) is 98.3 Å². The molecule has 0 saturated heterocycles. The van der Waals surface area contributed by atoms with E-state index in [0.29, 0.717) is 21.7 Å². The minimum atomic E-state index is -1.10. The molecule has 0 atom stereocenters. The number of para-hydroxylation sites is 1. The van der Waals surface area contributed by atoms with Crippen LogP contribution in [0.1, 0.15) is 11.3 Å². The first-order chi connectivity index (χ1) is 11.5. The molecule has 0 bridgehead atoms. The summed E-state index contributed by atoms with van der Waals surface area (Å²) in [5, 5.41) is 8.70. The van der Waals surface area contributed by atoms with Crippen LogP contribution < -0.4 is 4.74 Å². The van der Waals surface area contributed by atoms with Gasteiger partial charge in [-0.3, -0.25) is 0 Å². The highest BCUT2D eigenvalue weighted by Gasteiger charge is 2.26. The molecule has 0 unspecified atom stereocenters. The molecule has 24 heavy (non-hydrogen) atoms. The monoisotopic (exact) mass is 391 g/mol. The lowest BCUT2D eigenvalue weighted by Gasteiger charge is -2.06. The molecule has 0 fully saturated rings. The molecule has 2 heterocycles. The van der Waals surface area contributed by atoms with Gasteiger partial charge in [-0.15, -0.1) is 0 Å². The molecule has 7 nitrogen and oxygen atoms in total. The van der Waals surface area contributed by atoms with E-state index in [0.717, 1.165) is 0 Å². The zero-order chi connectivity index (χ0) is 17.1. The van der Waals surface area contributed by atoms with E-state index in [1.165, 1.54) is 6.08 Å². The van der Waals surface area contributed by atoms with Crippen LogP contribution in [0.2, 0.25) is 0 Å². The highest BCUT2D eigenvalue weighted by molar-refractivity contribution is 9.10. The minimum absolute atomic E-state index is 0.0564. The van der Waals surface area contributed by atoms with Crippen LogP contribution in [-0.4, -0.2) is 29.5 Å². The lowest BCUT2D eigenvalue weighted by Crippen LogP contribution is -2.10. The molecule has 0 radical (unpaired) electrons. The van der Waals surface area contributed by atoms with Crippen LogP contribution in [0.25, 0.3) is 6.08 Å². The van der Waals surface area contributed by atoms with E-state index in [1.54, 1.807) is 36.4 Å². The molecule has 2 aromatic rings. The average Bonchev–Trinajstić information content (AvgIpc) is 3.13. The van der Waals surface area contributed by atoms with Crippen molar-refractivity contribution in [2.45, 2.75) is 0 Å². The third kappa shape index (κ3) is 3.54. The summed E-state index contributed by atoms with van der Waals surface area (Å²) in [6.45, 7) is -0.487. The van der Waals surface area contributed by atoms with Gasteiger partial charge in [0.05, 0.1) is 0 Å². The standard InChI is InChI=1S/C16H10BrNO6/c17-13-6-5-12(23-13)15-18-10(16(21)24-15)7-9-3-1-2-4-11(9)22-8-14(19)20/h1-7H,8H2,(H,19,20)/b10-7-. The number of halogens is 1. The van der Waals surface area contributed by atoms with Gasteiger partial charge in [0.15, 0.2) is 22.7 Å². The number of carboxylic acids is 1. The van der Waals surface area contributed by atoms with Crippen LogP contribution in [-0.2, 0) is 14.3 Å². The number of esters is 1. The number of rotatable bonds is 5. The van der Waals surface area contributed by atoms with E-state index in [-0.39, 0.29) is 11.6 Å². The Kier molecular flexibility index (Phi) is 4.48. The number of cyclic esters (lactones) is 1. The van der Waals surface area contributed by atoms with Crippen LogP contribution >= 0.6 is 15.9 Å². The molecule has 1 aromatic carbocycles. The van der Waals surface area contributed by atoms with Crippen molar-refractivity contribution in [3.63, 3.8) is 0 Å². The quantitative estimate of drug-likeness (QED) is 0.621. The lowest BCUT2D eigenvalue weighted by molar-refractivity contribution is -0.139. The predicted octanol–water partition coefficient (Wildman–Crippen LogP) is 2.85. The Morgan fingerprint density at radius 2 is 2.08 bits per heavy atom. The fourth-order valence-corrected chi connectivity index (χ4v) is 2.27. The van der Waals surface area contributed by atoms with Gasteiger partial charge in [0.25, 0.3) is 5.90 Å². The molecule has 8 heteroatoms. The fraction of sp³-hybridized carbons (Fsp3) is 0.0625. The highest BCUT2D eigenvalue weighted by atomic mass is 79.9. The summed E-state index contributed by atoms with van der Waals surface area (Å²) >= 11 is 3.16. The molecule has 1 N–H and O–H groups in total. The van der Waals surface area contributed by atoms with Crippen molar-refractivity contribution in [1.82, 2.24) is 0 Å². The lowest BCUT2D eigenvalue weighted by atomic mass is 10.1. The van der Waals surface area contributed by atoms with Crippen LogP contribution in [0, 0.1) is 0 Å². The van der Waals surface area contributed by atoms with Crippen molar-refractivity contribution < 1.29 is 28.6 Å². The van der Waals surface area contributed by atoms with Crippen molar-refractivity contribution in [3.8, 4) is 5.75 Å². The van der Waals surface area contributed by atoms with Crippen molar-refractivity contribution in [3.05, 3.63) is 58.1 Å². The first kappa shape index (κ1) is 16.0. The maximum atomic E-state index is 12.0. The van der Waals surface area contributed by atoms with Crippen LogP contribution in [0.5, 0.6) is 5.75 Å². The third-order valence-electron chi connectivity index (χ3n) is 2.97. The maximum Gasteiger partial charge on any atom is 0.363 e. The van der Waals surface area contributed by atoms with Crippen LogP contribution in [0.4, 0.5) is 0 Å². The van der Waals surface area contributed by atoms with Gasteiger partial charge in [-0.1, -0.05) is 18.2 Å². The summed E-state index contributed by atoms with van der Waals surface area (Å²) in [6.07, 6.45) is 1.46. The van der Waals surface area contributed by atoms with Gasteiger partial charge in [-0.05, 0) is 40.2 Å². The van der Waals surface area contributed by atoms with E-state index in [2.05, 4.69) is 20.9 Å². The Balaban J connectivity index is 1.89. The number of ether oxygens (including phenoxy) is 2. The number of nitrogens with zero attached hydrogens (tertiary/aromatic N) is 1. The summed E-state index contributed by atoms with van der Waals surface area (Å²) in [5.74, 6) is -1.04. The second-order valence-electron chi connectivity index (χ2n) is 4.66. The van der Waals surface area contributed by atoms with Crippen LogP contribution in [0.3, 0.4) is 0 Å². The molecular weight excluding hydrogens is 382 g/mol. The zero-order valence-corrected chi connectivity index (χ0v) is 13.6. The Morgan fingerprint density at radius 3 is 2.79 bits per heavy atom. The fourth-order valence-electron chi connectivity index (χ4n) is 1.96. The molecule has 3 rings (SSSR count). The van der Waals surface area contributed by atoms with Crippen LogP contribution in [0.15, 0.2) is 56.2 Å². The predicted molar refractivity (Wildman–Crippen MR) is 86.6 cm³/mol. The van der Waals surface area contributed by atoms with Gasteiger partial charge in [0, 0.05) is 5.56 Å². The number of carboxylic acid groups (broad SMARTS) is 1. The molecule has 1 aliphatic rings. The molecule has 0 amide bonds. The van der Waals surface area contributed by atoms with Crippen molar-refractivity contribution in [1.29, 1.82) is 0 Å². The molecule has 0 saturated carbocycles. The Morgan fingerprint density at radius 1 is 1.29 bits per heavy atom. The summed E-state index contributed by atoms with van der Waals surface area (Å²) in [5.41, 5.74) is 0.570. The highest BCUT2D eigenvalue weighted by Crippen LogP contribution is 2.25. The van der Waals surface area contributed by atoms with Gasteiger partial charge >= 0.3 is 11.9 Å². The molecular formula is C16H10BrNO6. The van der Waals surface area contributed by atoms with E-state index >= 15 is 0 Å². The molecule has 0 aliphatic carbocycles. The Labute approximate surface area is 144 Å².